The van der Waals surface area contributed by atoms with Gasteiger partial charge in [-0.25, -0.2) is 0 Å². The predicted molar refractivity (Wildman–Crippen MR) is 182 cm³/mol. The summed E-state index contributed by atoms with van der Waals surface area (Å²) in [6, 6.07) is 39.9. The zero-order valence-corrected chi connectivity index (χ0v) is 24.9. The lowest BCUT2D eigenvalue weighted by molar-refractivity contribution is 0.755. The van der Waals surface area contributed by atoms with Crippen LogP contribution in [0.1, 0.15) is 11.1 Å². The molecule has 0 unspecified atom stereocenters. The Morgan fingerprint density at radius 2 is 0.659 bits per heavy atom. The molecule has 0 N–H and O–H groups in total. The molecule has 0 fully saturated rings. The SMILES string of the molecule is O=c1c2sc3c(=O)n(Cc4ccccc4)c(=O)c3sc2c(=O)n1Cc1ccccc1.c1ccc2cc3ccccc3cc2c1. The van der Waals surface area contributed by atoms with E-state index in [9.17, 15) is 19.2 Å². The van der Waals surface area contributed by atoms with E-state index in [1.54, 1.807) is 0 Å². The van der Waals surface area contributed by atoms with Gasteiger partial charge in [0.1, 0.15) is 18.8 Å². The smallest absolute Gasteiger partial charge is 0.268 e. The van der Waals surface area contributed by atoms with Gasteiger partial charge in [0.05, 0.1) is 13.1 Å². The van der Waals surface area contributed by atoms with Crippen molar-refractivity contribution in [1.82, 2.24) is 9.13 Å². The summed E-state index contributed by atoms with van der Waals surface area (Å²) in [6.07, 6.45) is 0. The fraction of sp³-hybridized carbons (Fsp3) is 0.0556. The van der Waals surface area contributed by atoms with Gasteiger partial charge in [0.15, 0.2) is 0 Å². The van der Waals surface area contributed by atoms with E-state index in [1.807, 2.05) is 60.7 Å². The summed E-state index contributed by atoms with van der Waals surface area (Å²) in [7, 11) is 0. The molecule has 5 aromatic carbocycles. The fourth-order valence-corrected chi connectivity index (χ4v) is 7.75. The van der Waals surface area contributed by atoms with Crippen LogP contribution in [0, 0.1) is 0 Å². The van der Waals surface area contributed by atoms with E-state index in [1.165, 1.54) is 30.7 Å². The van der Waals surface area contributed by atoms with Gasteiger partial charge in [-0.05, 0) is 44.8 Å². The maximum absolute atomic E-state index is 12.9. The Labute approximate surface area is 258 Å². The van der Waals surface area contributed by atoms with Gasteiger partial charge in [0.25, 0.3) is 22.2 Å². The summed E-state index contributed by atoms with van der Waals surface area (Å²) >= 11 is 1.88. The van der Waals surface area contributed by atoms with Crippen LogP contribution >= 0.6 is 22.7 Å². The van der Waals surface area contributed by atoms with E-state index in [4.69, 9.17) is 0 Å². The zero-order valence-electron chi connectivity index (χ0n) is 23.3. The summed E-state index contributed by atoms with van der Waals surface area (Å²) in [6.45, 7) is 0.304. The number of hydrogen-bond donors (Lipinski definition) is 0. The van der Waals surface area contributed by atoms with E-state index >= 15 is 0 Å². The molecule has 44 heavy (non-hydrogen) atoms. The van der Waals surface area contributed by atoms with E-state index in [2.05, 4.69) is 60.7 Å². The third-order valence-electron chi connectivity index (χ3n) is 7.56. The van der Waals surface area contributed by atoms with Gasteiger partial charge in [0, 0.05) is 0 Å². The normalized spacial score (nSPS) is 11.3. The average molecular weight is 613 g/mol. The van der Waals surface area contributed by atoms with Crippen LogP contribution in [0.15, 0.2) is 141 Å². The molecule has 0 saturated heterocycles. The molecule has 8 aromatic rings. The second kappa shape index (κ2) is 11.5. The summed E-state index contributed by atoms with van der Waals surface area (Å²) in [5, 5.41) is 5.25. The molecule has 3 aromatic heterocycles. The van der Waals surface area contributed by atoms with Gasteiger partial charge >= 0.3 is 0 Å². The topological polar surface area (TPSA) is 78.1 Å². The molecular formula is C36H24N2O4S2. The Hall–Kier alpha value is -5.18. The molecule has 8 rings (SSSR count). The number of hydrogen-bond acceptors (Lipinski definition) is 6. The van der Waals surface area contributed by atoms with Crippen LogP contribution in [-0.2, 0) is 13.1 Å². The molecule has 0 radical (unpaired) electrons. The highest BCUT2D eigenvalue weighted by atomic mass is 32.1. The predicted octanol–water partition coefficient (Wildman–Crippen LogP) is 6.69. The Kier molecular flexibility index (Phi) is 7.21. The molecule has 8 heteroatoms. The lowest BCUT2D eigenvalue weighted by Crippen LogP contribution is -2.26. The standard InChI is InChI=1S/C22H14N2O4S2.C14H10/c25-19-15-16(20(26)23(19)11-13-7-3-1-4-8-13)30-18-17(29-15)21(27)24(22(18)28)12-14-9-5-2-6-10-14;1-2-6-12-10-14-8-4-3-7-13(14)9-11(12)5-1/h1-10H,11-12H2;1-10H. The first-order chi connectivity index (χ1) is 21.5. The summed E-state index contributed by atoms with van der Waals surface area (Å²) in [5.74, 6) is 0. The average Bonchev–Trinajstić information content (AvgIpc) is 3.43. The first-order valence-corrected chi connectivity index (χ1v) is 15.6. The lowest BCUT2D eigenvalue weighted by Gasteiger charge is -2.00. The molecule has 6 nitrogen and oxygen atoms in total. The van der Waals surface area contributed by atoms with Gasteiger partial charge in [0.2, 0.25) is 0 Å². The third-order valence-corrected chi connectivity index (χ3v) is 10.1. The van der Waals surface area contributed by atoms with Crippen molar-refractivity contribution in [2.75, 3.05) is 0 Å². The van der Waals surface area contributed by atoms with Crippen LogP contribution in [0.4, 0.5) is 0 Å². The Morgan fingerprint density at radius 3 is 0.955 bits per heavy atom. The second-order valence-electron chi connectivity index (χ2n) is 10.4. The molecule has 214 valence electrons. The maximum Gasteiger partial charge on any atom is 0.272 e. The minimum atomic E-state index is -0.426. The van der Waals surface area contributed by atoms with E-state index in [-0.39, 0.29) is 31.9 Å². The molecule has 0 amide bonds. The van der Waals surface area contributed by atoms with Gasteiger partial charge in [-0.15, -0.1) is 22.7 Å². The van der Waals surface area contributed by atoms with E-state index < -0.39 is 22.2 Å². The highest BCUT2D eigenvalue weighted by Gasteiger charge is 2.21. The Morgan fingerprint density at radius 1 is 0.386 bits per heavy atom. The van der Waals surface area contributed by atoms with Crippen molar-refractivity contribution in [2.24, 2.45) is 0 Å². The van der Waals surface area contributed by atoms with Crippen molar-refractivity contribution in [3.63, 3.8) is 0 Å². The molecule has 0 saturated carbocycles. The fourth-order valence-electron chi connectivity index (χ4n) is 5.33. The van der Waals surface area contributed by atoms with Gasteiger partial charge < -0.3 is 0 Å². The highest BCUT2D eigenvalue weighted by Crippen LogP contribution is 2.26. The number of fused-ring (bicyclic) bond motifs is 4. The molecule has 0 bridgehead atoms. The lowest BCUT2D eigenvalue weighted by atomic mass is 10.0. The van der Waals surface area contributed by atoms with Crippen molar-refractivity contribution in [1.29, 1.82) is 0 Å². The van der Waals surface area contributed by atoms with Crippen molar-refractivity contribution in [3.05, 3.63) is 174 Å². The second-order valence-corrected chi connectivity index (χ2v) is 12.5. The van der Waals surface area contributed by atoms with Crippen molar-refractivity contribution in [3.8, 4) is 0 Å². The zero-order chi connectivity index (χ0) is 30.2. The van der Waals surface area contributed by atoms with Crippen LogP contribution in [0.5, 0.6) is 0 Å². The van der Waals surface area contributed by atoms with Gasteiger partial charge in [-0.1, -0.05) is 109 Å². The molecule has 0 aliphatic carbocycles. The summed E-state index contributed by atoms with van der Waals surface area (Å²) in [4.78, 5) is 51.5. The number of aromatic nitrogens is 2. The third kappa shape index (κ3) is 5.04. The molecule has 0 spiro atoms. The highest BCUT2D eigenvalue weighted by molar-refractivity contribution is 7.36. The molecule has 3 heterocycles. The minimum Gasteiger partial charge on any atom is -0.268 e. The Balaban J connectivity index is 0.000000185. The molecular weight excluding hydrogens is 589 g/mol. The Bertz CT molecular complexity index is 2230. The quantitative estimate of drug-likeness (QED) is 0.208. The monoisotopic (exact) mass is 612 g/mol. The largest absolute Gasteiger partial charge is 0.272 e. The van der Waals surface area contributed by atoms with E-state index in [0.29, 0.717) is 0 Å². The van der Waals surface area contributed by atoms with Crippen LogP contribution in [0.25, 0.3) is 40.3 Å². The van der Waals surface area contributed by atoms with Gasteiger partial charge in [-0.3, -0.25) is 28.3 Å². The maximum atomic E-state index is 12.9. The van der Waals surface area contributed by atoms with Crippen LogP contribution in [0.2, 0.25) is 0 Å². The van der Waals surface area contributed by atoms with E-state index in [0.717, 1.165) is 33.8 Å². The molecule has 0 aliphatic rings. The van der Waals surface area contributed by atoms with Crippen molar-refractivity contribution >= 4 is 63.0 Å². The number of rotatable bonds is 4. The van der Waals surface area contributed by atoms with Crippen LogP contribution < -0.4 is 22.2 Å². The number of nitrogens with zero attached hydrogens (tertiary/aromatic N) is 2. The minimum absolute atomic E-state index is 0.152. The van der Waals surface area contributed by atoms with Crippen LogP contribution in [-0.4, -0.2) is 9.13 Å². The molecule has 0 aliphatic heterocycles. The summed E-state index contributed by atoms with van der Waals surface area (Å²) in [5.41, 5.74) is -0.0462. The molecule has 0 atom stereocenters. The van der Waals surface area contributed by atoms with Gasteiger partial charge in [-0.2, -0.15) is 0 Å². The summed E-state index contributed by atoms with van der Waals surface area (Å²) < 4.78 is 3.23. The van der Waals surface area contributed by atoms with Crippen molar-refractivity contribution < 1.29 is 0 Å². The number of benzene rings is 5. The van der Waals surface area contributed by atoms with Crippen molar-refractivity contribution in [2.45, 2.75) is 13.1 Å². The first-order valence-electron chi connectivity index (χ1n) is 14.0. The van der Waals surface area contributed by atoms with Crippen LogP contribution in [0.3, 0.4) is 0 Å². The first kappa shape index (κ1) is 27.6.